The van der Waals surface area contributed by atoms with E-state index in [0.717, 1.165) is 43.4 Å². The molecule has 27 heavy (non-hydrogen) atoms. The number of hydrogen-bond acceptors (Lipinski definition) is 5. The average Bonchev–Trinajstić information content (AvgIpc) is 2.71. The fourth-order valence-electron chi connectivity index (χ4n) is 4.56. The molecule has 0 N–H and O–H groups in total. The standard InChI is InChI=1S/C22H28N2O2S/c1-25-20-12-17-11-18-14-23(15-27-3)9-10-24(18)22(16-7-5-4-6-8-16)19(17)13-21(20)26-2/h4-8,12-13,18,22H,9-11,14-15H2,1-3H3. The molecule has 144 valence electrons. The van der Waals surface area contributed by atoms with Gasteiger partial charge in [0.15, 0.2) is 11.5 Å². The van der Waals surface area contributed by atoms with Crippen LogP contribution in [-0.2, 0) is 6.42 Å². The maximum absolute atomic E-state index is 5.62. The smallest absolute Gasteiger partial charge is 0.161 e. The number of rotatable bonds is 5. The van der Waals surface area contributed by atoms with E-state index >= 15 is 0 Å². The van der Waals surface area contributed by atoms with Gasteiger partial charge in [0.2, 0.25) is 0 Å². The van der Waals surface area contributed by atoms with Gasteiger partial charge in [-0.05, 0) is 41.5 Å². The van der Waals surface area contributed by atoms with Crippen molar-refractivity contribution >= 4 is 11.8 Å². The molecule has 0 bridgehead atoms. The Balaban J connectivity index is 1.78. The van der Waals surface area contributed by atoms with Gasteiger partial charge >= 0.3 is 0 Å². The molecule has 2 unspecified atom stereocenters. The normalized spacial score (nSPS) is 22.8. The van der Waals surface area contributed by atoms with E-state index in [4.69, 9.17) is 9.47 Å². The molecule has 2 aromatic carbocycles. The van der Waals surface area contributed by atoms with Crippen LogP contribution in [0, 0.1) is 0 Å². The number of fused-ring (bicyclic) bond motifs is 2. The number of ether oxygens (including phenoxy) is 2. The number of methoxy groups -OCH3 is 2. The summed E-state index contributed by atoms with van der Waals surface area (Å²) in [6.07, 6.45) is 3.25. The predicted octanol–water partition coefficient (Wildman–Crippen LogP) is 3.66. The van der Waals surface area contributed by atoms with Crippen LogP contribution in [0.2, 0.25) is 0 Å². The quantitative estimate of drug-likeness (QED) is 0.784. The van der Waals surface area contributed by atoms with Crippen LogP contribution in [0.1, 0.15) is 22.7 Å². The largest absolute Gasteiger partial charge is 0.493 e. The van der Waals surface area contributed by atoms with Crippen molar-refractivity contribution in [2.24, 2.45) is 0 Å². The van der Waals surface area contributed by atoms with Gasteiger partial charge in [0.1, 0.15) is 0 Å². The molecule has 2 aliphatic rings. The van der Waals surface area contributed by atoms with E-state index in [1.165, 1.54) is 16.7 Å². The monoisotopic (exact) mass is 384 g/mol. The Morgan fingerprint density at radius 2 is 1.78 bits per heavy atom. The first-order valence-electron chi connectivity index (χ1n) is 9.52. The van der Waals surface area contributed by atoms with Gasteiger partial charge in [-0.2, -0.15) is 0 Å². The van der Waals surface area contributed by atoms with Gasteiger partial charge in [-0.15, -0.1) is 11.8 Å². The summed E-state index contributed by atoms with van der Waals surface area (Å²) < 4.78 is 11.2. The summed E-state index contributed by atoms with van der Waals surface area (Å²) in [6, 6.07) is 16.1. The van der Waals surface area contributed by atoms with Crippen molar-refractivity contribution in [2.45, 2.75) is 18.5 Å². The summed E-state index contributed by atoms with van der Waals surface area (Å²) in [4.78, 5) is 5.28. The summed E-state index contributed by atoms with van der Waals surface area (Å²) in [5.74, 6) is 2.75. The zero-order valence-corrected chi connectivity index (χ0v) is 17.2. The lowest BCUT2D eigenvalue weighted by Gasteiger charge is -2.49. The summed E-state index contributed by atoms with van der Waals surface area (Å²) in [6.45, 7) is 3.35. The van der Waals surface area contributed by atoms with Gasteiger partial charge in [0, 0.05) is 31.6 Å². The molecule has 0 aromatic heterocycles. The Kier molecular flexibility index (Phi) is 5.62. The van der Waals surface area contributed by atoms with Crippen molar-refractivity contribution in [3.63, 3.8) is 0 Å². The Bertz CT molecular complexity index is 783. The number of benzene rings is 2. The van der Waals surface area contributed by atoms with Gasteiger partial charge in [-0.25, -0.2) is 0 Å². The molecule has 4 rings (SSSR count). The maximum Gasteiger partial charge on any atom is 0.161 e. The lowest BCUT2D eigenvalue weighted by molar-refractivity contribution is 0.0525. The van der Waals surface area contributed by atoms with Gasteiger partial charge in [0.05, 0.1) is 20.3 Å². The highest BCUT2D eigenvalue weighted by atomic mass is 32.2. The summed E-state index contributed by atoms with van der Waals surface area (Å²) in [7, 11) is 3.43. The SMILES string of the molecule is COc1cc2c(cc1OC)C(c1ccccc1)N1CCN(CSC)CC1C2. The second kappa shape index (κ2) is 8.13. The van der Waals surface area contributed by atoms with Crippen molar-refractivity contribution in [3.05, 3.63) is 59.2 Å². The minimum Gasteiger partial charge on any atom is -0.493 e. The van der Waals surface area contributed by atoms with Crippen molar-refractivity contribution in [1.82, 2.24) is 9.80 Å². The molecule has 1 fully saturated rings. The van der Waals surface area contributed by atoms with E-state index in [1.54, 1.807) is 14.2 Å². The molecule has 0 spiro atoms. The summed E-state index contributed by atoms with van der Waals surface area (Å²) >= 11 is 1.91. The summed E-state index contributed by atoms with van der Waals surface area (Å²) in [5.41, 5.74) is 4.09. The molecule has 2 aromatic rings. The Hall–Kier alpha value is -1.69. The fourth-order valence-corrected chi connectivity index (χ4v) is 5.16. The van der Waals surface area contributed by atoms with Crippen LogP contribution in [0.25, 0.3) is 0 Å². The van der Waals surface area contributed by atoms with Crippen molar-refractivity contribution in [3.8, 4) is 11.5 Å². The van der Waals surface area contributed by atoms with E-state index in [9.17, 15) is 0 Å². The van der Waals surface area contributed by atoms with Gasteiger partial charge < -0.3 is 9.47 Å². The van der Waals surface area contributed by atoms with Crippen molar-refractivity contribution in [1.29, 1.82) is 0 Å². The van der Waals surface area contributed by atoms with Gasteiger partial charge in [-0.3, -0.25) is 9.80 Å². The molecule has 0 amide bonds. The van der Waals surface area contributed by atoms with Gasteiger partial charge in [-0.1, -0.05) is 30.3 Å². The first kappa shape index (κ1) is 18.7. The number of nitrogens with zero attached hydrogens (tertiary/aromatic N) is 2. The van der Waals surface area contributed by atoms with Crippen LogP contribution in [0.3, 0.4) is 0 Å². The molecule has 1 saturated heterocycles. The average molecular weight is 385 g/mol. The molecular weight excluding hydrogens is 356 g/mol. The molecule has 2 heterocycles. The molecule has 0 radical (unpaired) electrons. The lowest BCUT2D eigenvalue weighted by atomic mass is 9.83. The zero-order valence-electron chi connectivity index (χ0n) is 16.4. The molecule has 5 heteroatoms. The number of thioether (sulfide) groups is 1. The van der Waals surface area contributed by atoms with Crippen LogP contribution in [0.15, 0.2) is 42.5 Å². The van der Waals surface area contributed by atoms with Crippen LogP contribution >= 0.6 is 11.8 Å². The first-order chi connectivity index (χ1) is 13.2. The van der Waals surface area contributed by atoms with Crippen LogP contribution in [-0.4, -0.2) is 61.8 Å². The van der Waals surface area contributed by atoms with E-state index < -0.39 is 0 Å². The van der Waals surface area contributed by atoms with E-state index in [1.807, 2.05) is 11.8 Å². The topological polar surface area (TPSA) is 24.9 Å². The molecule has 0 aliphatic carbocycles. The van der Waals surface area contributed by atoms with Crippen LogP contribution < -0.4 is 9.47 Å². The Labute approximate surface area is 166 Å². The van der Waals surface area contributed by atoms with E-state index in [2.05, 4.69) is 58.5 Å². The molecule has 0 saturated carbocycles. The minimum absolute atomic E-state index is 0.274. The third-order valence-corrected chi connectivity index (χ3v) is 6.39. The highest BCUT2D eigenvalue weighted by Crippen LogP contribution is 2.43. The van der Waals surface area contributed by atoms with Crippen molar-refractivity contribution < 1.29 is 9.47 Å². The number of hydrogen-bond donors (Lipinski definition) is 0. The van der Waals surface area contributed by atoms with Crippen molar-refractivity contribution in [2.75, 3.05) is 46.0 Å². The minimum atomic E-state index is 0.274. The highest BCUT2D eigenvalue weighted by Gasteiger charge is 2.39. The Morgan fingerprint density at radius 3 is 2.48 bits per heavy atom. The molecule has 2 aliphatic heterocycles. The molecular formula is C22H28N2O2S. The summed E-state index contributed by atoms with van der Waals surface area (Å²) in [5, 5.41) is 0. The third kappa shape index (κ3) is 3.56. The third-order valence-electron chi connectivity index (χ3n) is 5.77. The van der Waals surface area contributed by atoms with Crippen LogP contribution in [0.5, 0.6) is 11.5 Å². The van der Waals surface area contributed by atoms with Gasteiger partial charge in [0.25, 0.3) is 0 Å². The zero-order chi connectivity index (χ0) is 18.8. The Morgan fingerprint density at radius 1 is 1.04 bits per heavy atom. The lowest BCUT2D eigenvalue weighted by Crippen LogP contribution is -2.56. The highest BCUT2D eigenvalue weighted by molar-refractivity contribution is 7.98. The van der Waals surface area contributed by atoms with E-state index in [-0.39, 0.29) is 6.04 Å². The first-order valence-corrected chi connectivity index (χ1v) is 10.9. The molecule has 2 atom stereocenters. The second-order valence-electron chi connectivity index (χ2n) is 7.31. The number of piperazine rings is 1. The second-order valence-corrected chi connectivity index (χ2v) is 8.15. The maximum atomic E-state index is 5.62. The van der Waals surface area contributed by atoms with Crippen LogP contribution in [0.4, 0.5) is 0 Å². The molecule has 4 nitrogen and oxygen atoms in total. The van der Waals surface area contributed by atoms with E-state index in [0.29, 0.717) is 6.04 Å². The predicted molar refractivity (Wildman–Crippen MR) is 112 cm³/mol. The fraction of sp³-hybridized carbons (Fsp3) is 0.455.